The van der Waals surface area contributed by atoms with Gasteiger partial charge < -0.3 is 25.4 Å². The van der Waals surface area contributed by atoms with Gasteiger partial charge in [0.05, 0.1) is 12.6 Å². The van der Waals surface area contributed by atoms with E-state index in [1.54, 1.807) is 29.2 Å². The van der Waals surface area contributed by atoms with Crippen LogP contribution in [-0.2, 0) is 16.1 Å². The number of carbonyl (C=O) groups excluding carboxylic acids is 2. The molecule has 1 fully saturated rings. The first-order chi connectivity index (χ1) is 14.6. The van der Waals surface area contributed by atoms with Gasteiger partial charge in [0, 0.05) is 24.5 Å². The number of carbonyl (C=O) groups is 2. The maximum Gasteiger partial charge on any atom is 0.322 e. The molecule has 2 atom stereocenters. The first-order valence-corrected chi connectivity index (χ1v) is 10.4. The molecule has 0 saturated carbocycles. The van der Waals surface area contributed by atoms with Gasteiger partial charge in [-0.1, -0.05) is 37.3 Å². The Morgan fingerprint density at radius 1 is 1.10 bits per heavy atom. The molecule has 3 amide bonds. The van der Waals surface area contributed by atoms with Crippen molar-refractivity contribution >= 4 is 23.3 Å². The summed E-state index contributed by atoms with van der Waals surface area (Å²) in [6, 6.07) is 16.1. The van der Waals surface area contributed by atoms with E-state index in [0.29, 0.717) is 30.9 Å². The molecule has 3 N–H and O–H groups in total. The summed E-state index contributed by atoms with van der Waals surface area (Å²) >= 11 is 0. The quantitative estimate of drug-likeness (QED) is 0.619. The van der Waals surface area contributed by atoms with Crippen LogP contribution >= 0.6 is 0 Å². The van der Waals surface area contributed by atoms with Crippen molar-refractivity contribution in [2.45, 2.75) is 44.9 Å². The molecule has 1 aliphatic rings. The van der Waals surface area contributed by atoms with Crippen LogP contribution in [0.15, 0.2) is 54.6 Å². The van der Waals surface area contributed by atoms with Crippen LogP contribution in [0, 0.1) is 0 Å². The molecule has 3 rings (SSSR count). The van der Waals surface area contributed by atoms with E-state index in [9.17, 15) is 14.7 Å². The molecule has 1 saturated heterocycles. The van der Waals surface area contributed by atoms with Crippen molar-refractivity contribution < 1.29 is 19.4 Å². The van der Waals surface area contributed by atoms with E-state index in [0.717, 1.165) is 18.4 Å². The molecule has 0 radical (unpaired) electrons. The van der Waals surface area contributed by atoms with E-state index in [4.69, 9.17) is 4.74 Å². The minimum Gasteiger partial charge on any atom is -0.394 e. The summed E-state index contributed by atoms with van der Waals surface area (Å²) in [6.45, 7) is 2.86. The number of urea groups is 1. The van der Waals surface area contributed by atoms with Crippen LogP contribution in [-0.4, -0.2) is 47.3 Å². The Morgan fingerprint density at radius 2 is 1.77 bits per heavy atom. The third-order valence-electron chi connectivity index (χ3n) is 5.21. The highest BCUT2D eigenvalue weighted by Crippen LogP contribution is 2.19. The summed E-state index contributed by atoms with van der Waals surface area (Å²) in [5.74, 6) is -0.146. The number of amides is 3. The largest absolute Gasteiger partial charge is 0.394 e. The molecule has 0 spiro atoms. The molecular weight excluding hydrogens is 382 g/mol. The van der Waals surface area contributed by atoms with Gasteiger partial charge in [-0.3, -0.25) is 4.79 Å². The average Bonchev–Trinajstić information content (AvgIpc) is 3.31. The van der Waals surface area contributed by atoms with Crippen LogP contribution in [0.5, 0.6) is 0 Å². The average molecular weight is 412 g/mol. The van der Waals surface area contributed by atoms with Gasteiger partial charge in [-0.25, -0.2) is 4.79 Å². The van der Waals surface area contributed by atoms with E-state index in [1.807, 2.05) is 37.3 Å². The highest BCUT2D eigenvalue weighted by Gasteiger charge is 2.24. The number of nitrogens with zero attached hydrogens (tertiary/aromatic N) is 1. The topological polar surface area (TPSA) is 90.9 Å². The summed E-state index contributed by atoms with van der Waals surface area (Å²) in [6.07, 6.45) is 1.89. The van der Waals surface area contributed by atoms with Gasteiger partial charge in [0.2, 0.25) is 0 Å². The van der Waals surface area contributed by atoms with Gasteiger partial charge in [0.25, 0.3) is 5.91 Å². The summed E-state index contributed by atoms with van der Waals surface area (Å²) in [5.41, 5.74) is 2.25. The predicted molar refractivity (Wildman–Crippen MR) is 116 cm³/mol. The first-order valence-electron chi connectivity index (χ1n) is 10.4. The second kappa shape index (κ2) is 10.8. The third kappa shape index (κ3) is 5.81. The molecule has 30 heavy (non-hydrogen) atoms. The second-order valence-electron chi connectivity index (χ2n) is 7.36. The number of aliphatic hydroxyl groups excluding tert-OH is 1. The fourth-order valence-electron chi connectivity index (χ4n) is 3.43. The lowest BCUT2D eigenvalue weighted by molar-refractivity contribution is -0.124. The van der Waals surface area contributed by atoms with E-state index >= 15 is 0 Å². The summed E-state index contributed by atoms with van der Waals surface area (Å²) in [4.78, 5) is 26.7. The maximum absolute atomic E-state index is 12.9. The molecule has 160 valence electrons. The zero-order valence-corrected chi connectivity index (χ0v) is 17.2. The van der Waals surface area contributed by atoms with Crippen molar-refractivity contribution in [1.29, 1.82) is 0 Å². The van der Waals surface area contributed by atoms with Crippen molar-refractivity contribution in [3.05, 3.63) is 60.2 Å². The molecule has 0 bridgehead atoms. The van der Waals surface area contributed by atoms with Gasteiger partial charge in [0.15, 0.2) is 0 Å². The monoisotopic (exact) mass is 411 g/mol. The Kier molecular flexibility index (Phi) is 7.82. The van der Waals surface area contributed by atoms with Crippen LogP contribution in [0.3, 0.4) is 0 Å². The molecule has 1 aliphatic heterocycles. The Balaban J connectivity index is 1.63. The van der Waals surface area contributed by atoms with Gasteiger partial charge in [-0.15, -0.1) is 0 Å². The van der Waals surface area contributed by atoms with Gasteiger partial charge in [0.1, 0.15) is 6.10 Å². The Morgan fingerprint density at radius 3 is 2.33 bits per heavy atom. The van der Waals surface area contributed by atoms with Crippen LogP contribution < -0.4 is 10.6 Å². The summed E-state index contributed by atoms with van der Waals surface area (Å²) in [5, 5.41) is 15.4. The van der Waals surface area contributed by atoms with Crippen molar-refractivity contribution in [2.24, 2.45) is 0 Å². The fourth-order valence-corrected chi connectivity index (χ4v) is 3.43. The number of nitrogens with one attached hydrogen (secondary N) is 2. The van der Waals surface area contributed by atoms with Crippen molar-refractivity contribution in [2.75, 3.05) is 23.8 Å². The minimum atomic E-state index is -0.389. The minimum absolute atomic E-state index is 0.106. The number of benzene rings is 2. The third-order valence-corrected chi connectivity index (χ3v) is 5.21. The molecule has 2 aromatic rings. The molecule has 7 nitrogen and oxygen atoms in total. The molecule has 2 aromatic carbocycles. The van der Waals surface area contributed by atoms with Crippen LogP contribution in [0.2, 0.25) is 0 Å². The highest BCUT2D eigenvalue weighted by molar-refractivity contribution is 5.95. The predicted octanol–water partition coefficient (Wildman–Crippen LogP) is 3.61. The number of ether oxygens (including phenoxy) is 1. The SMILES string of the molecule is CC[C@@H](CO)N(Cc1ccccc1)C(=O)Nc1ccc(NC(=O)C2CCCO2)cc1. The number of hydrogen-bond donors (Lipinski definition) is 3. The van der Waals surface area contributed by atoms with E-state index in [1.165, 1.54) is 0 Å². The standard InChI is InChI=1S/C23H29N3O4/c1-2-20(16-27)26(15-17-7-4-3-5-8-17)23(29)25-19-12-10-18(11-13-19)24-22(28)21-9-6-14-30-21/h3-5,7-8,10-13,20-21,27H,2,6,9,14-16H2,1H3,(H,24,28)(H,25,29)/t20-,21?/m0/s1. The van der Waals surface area contributed by atoms with E-state index in [2.05, 4.69) is 10.6 Å². The zero-order chi connectivity index (χ0) is 21.3. The Labute approximate surface area is 177 Å². The molecule has 0 aromatic heterocycles. The summed E-state index contributed by atoms with van der Waals surface area (Å²) in [7, 11) is 0. The normalized spacial score (nSPS) is 16.7. The molecule has 7 heteroatoms. The number of anilines is 2. The van der Waals surface area contributed by atoms with Crippen LogP contribution in [0.1, 0.15) is 31.7 Å². The smallest absolute Gasteiger partial charge is 0.322 e. The lowest BCUT2D eigenvalue weighted by Crippen LogP contribution is -2.44. The Hall–Kier alpha value is -2.90. The molecule has 0 aliphatic carbocycles. The lowest BCUT2D eigenvalue weighted by atomic mass is 10.1. The van der Waals surface area contributed by atoms with Crippen molar-refractivity contribution in [3.63, 3.8) is 0 Å². The number of aliphatic hydroxyl groups is 1. The van der Waals surface area contributed by atoms with E-state index < -0.39 is 0 Å². The van der Waals surface area contributed by atoms with Gasteiger partial charge >= 0.3 is 6.03 Å². The summed E-state index contributed by atoms with van der Waals surface area (Å²) < 4.78 is 5.39. The first kappa shape index (κ1) is 21.8. The van der Waals surface area contributed by atoms with Crippen molar-refractivity contribution in [1.82, 2.24) is 4.90 Å². The molecule has 1 unspecified atom stereocenters. The number of rotatable bonds is 8. The zero-order valence-electron chi connectivity index (χ0n) is 17.2. The van der Waals surface area contributed by atoms with Crippen molar-refractivity contribution in [3.8, 4) is 0 Å². The fraction of sp³-hybridized carbons (Fsp3) is 0.391. The van der Waals surface area contributed by atoms with Crippen LogP contribution in [0.4, 0.5) is 16.2 Å². The Bertz CT molecular complexity index is 816. The number of hydrogen-bond acceptors (Lipinski definition) is 4. The lowest BCUT2D eigenvalue weighted by Gasteiger charge is -2.30. The second-order valence-corrected chi connectivity index (χ2v) is 7.36. The van der Waals surface area contributed by atoms with Gasteiger partial charge in [-0.2, -0.15) is 0 Å². The van der Waals surface area contributed by atoms with Crippen LogP contribution in [0.25, 0.3) is 0 Å². The van der Waals surface area contributed by atoms with Gasteiger partial charge in [-0.05, 0) is 49.1 Å². The molecular formula is C23H29N3O4. The van der Waals surface area contributed by atoms with E-state index in [-0.39, 0.29) is 30.7 Å². The molecule has 1 heterocycles. The highest BCUT2D eigenvalue weighted by atomic mass is 16.5. The maximum atomic E-state index is 12.9.